The minimum absolute atomic E-state index is 0.480. The van der Waals surface area contributed by atoms with E-state index in [0.717, 1.165) is 26.1 Å². The van der Waals surface area contributed by atoms with Gasteiger partial charge in [-0.05, 0) is 33.9 Å². The van der Waals surface area contributed by atoms with Gasteiger partial charge < -0.3 is 5.32 Å². The second kappa shape index (κ2) is 8.44. The molecule has 0 aliphatic rings. The summed E-state index contributed by atoms with van der Waals surface area (Å²) in [5.41, 5.74) is 6.60. The zero-order valence-corrected chi connectivity index (χ0v) is 9.35. The van der Waals surface area contributed by atoms with Crippen molar-refractivity contribution in [3.8, 4) is 0 Å². The Morgan fingerprint density at radius 3 is 2.46 bits per heavy atom. The zero-order valence-electron chi connectivity index (χ0n) is 9.35. The Balaban J connectivity index is 3.53. The Labute approximate surface area is 82.0 Å². The van der Waals surface area contributed by atoms with Crippen molar-refractivity contribution in [1.82, 2.24) is 21.3 Å². The SMILES string of the molecule is CCNN(CCCNC)NC(C)C. The first-order valence-electron chi connectivity index (χ1n) is 5.12. The van der Waals surface area contributed by atoms with Gasteiger partial charge in [0.2, 0.25) is 0 Å². The van der Waals surface area contributed by atoms with E-state index < -0.39 is 0 Å². The molecule has 0 aromatic heterocycles. The van der Waals surface area contributed by atoms with Crippen LogP contribution >= 0.6 is 0 Å². The van der Waals surface area contributed by atoms with Gasteiger partial charge in [0.1, 0.15) is 0 Å². The fourth-order valence-corrected chi connectivity index (χ4v) is 1.11. The Kier molecular flexibility index (Phi) is 8.33. The summed E-state index contributed by atoms with van der Waals surface area (Å²) in [6.45, 7) is 9.42. The minimum Gasteiger partial charge on any atom is -0.320 e. The fraction of sp³-hybridized carbons (Fsp3) is 1.00. The maximum absolute atomic E-state index is 3.33. The molecule has 0 aliphatic heterocycles. The molecule has 0 saturated heterocycles. The van der Waals surface area contributed by atoms with Crippen LogP contribution in [0.25, 0.3) is 0 Å². The van der Waals surface area contributed by atoms with Crippen molar-refractivity contribution in [1.29, 1.82) is 0 Å². The molecule has 0 fully saturated rings. The van der Waals surface area contributed by atoms with E-state index in [1.165, 1.54) is 0 Å². The second-order valence-corrected chi connectivity index (χ2v) is 3.40. The molecule has 0 radical (unpaired) electrons. The first-order chi connectivity index (χ1) is 6.20. The van der Waals surface area contributed by atoms with E-state index in [1.54, 1.807) is 0 Å². The molecule has 0 bridgehead atoms. The van der Waals surface area contributed by atoms with Gasteiger partial charge in [-0.2, -0.15) is 5.12 Å². The molecule has 13 heavy (non-hydrogen) atoms. The van der Waals surface area contributed by atoms with Gasteiger partial charge in [0.25, 0.3) is 0 Å². The average Bonchev–Trinajstić information content (AvgIpc) is 2.04. The van der Waals surface area contributed by atoms with Crippen LogP contribution in [0.1, 0.15) is 27.2 Å². The van der Waals surface area contributed by atoms with Crippen LogP contribution in [0.5, 0.6) is 0 Å². The molecule has 0 amide bonds. The third-order valence-electron chi connectivity index (χ3n) is 1.57. The van der Waals surface area contributed by atoms with Crippen LogP contribution in [0, 0.1) is 0 Å². The van der Waals surface area contributed by atoms with Crippen molar-refractivity contribution < 1.29 is 0 Å². The maximum Gasteiger partial charge on any atom is 0.0300 e. The van der Waals surface area contributed by atoms with E-state index in [2.05, 4.69) is 42.1 Å². The topological polar surface area (TPSA) is 39.3 Å². The molecule has 0 aromatic carbocycles. The van der Waals surface area contributed by atoms with Crippen LogP contribution in [0.3, 0.4) is 0 Å². The normalized spacial score (nSPS) is 11.5. The summed E-state index contributed by atoms with van der Waals surface area (Å²) in [6.07, 6.45) is 1.14. The fourth-order valence-electron chi connectivity index (χ4n) is 1.11. The summed E-state index contributed by atoms with van der Waals surface area (Å²) in [4.78, 5) is 0. The van der Waals surface area contributed by atoms with Gasteiger partial charge in [0, 0.05) is 19.1 Å². The number of hydrazine groups is 2. The van der Waals surface area contributed by atoms with Crippen LogP contribution < -0.4 is 16.2 Å². The van der Waals surface area contributed by atoms with Gasteiger partial charge >= 0.3 is 0 Å². The smallest absolute Gasteiger partial charge is 0.0300 e. The Hall–Kier alpha value is -0.160. The lowest BCUT2D eigenvalue weighted by molar-refractivity contribution is 0.0993. The van der Waals surface area contributed by atoms with Gasteiger partial charge in [-0.25, -0.2) is 10.9 Å². The highest BCUT2D eigenvalue weighted by Gasteiger charge is 2.02. The molecule has 3 N–H and O–H groups in total. The van der Waals surface area contributed by atoms with Gasteiger partial charge in [-0.15, -0.1) is 0 Å². The predicted molar refractivity (Wildman–Crippen MR) is 57.2 cm³/mol. The minimum atomic E-state index is 0.480. The molecule has 0 rings (SSSR count). The summed E-state index contributed by atoms with van der Waals surface area (Å²) in [7, 11) is 1.98. The van der Waals surface area contributed by atoms with Crippen molar-refractivity contribution in [2.75, 3.05) is 26.7 Å². The van der Waals surface area contributed by atoms with Crippen molar-refractivity contribution in [3.63, 3.8) is 0 Å². The lowest BCUT2D eigenvalue weighted by atomic mass is 10.4. The van der Waals surface area contributed by atoms with Crippen molar-refractivity contribution >= 4 is 0 Å². The quantitative estimate of drug-likeness (QED) is 0.379. The molecule has 80 valence electrons. The lowest BCUT2D eigenvalue weighted by Crippen LogP contribution is -2.51. The molecule has 0 aliphatic carbocycles. The third kappa shape index (κ3) is 8.18. The Morgan fingerprint density at radius 2 is 2.00 bits per heavy atom. The summed E-state index contributed by atoms with van der Waals surface area (Å²) in [5, 5.41) is 5.21. The summed E-state index contributed by atoms with van der Waals surface area (Å²) >= 11 is 0. The van der Waals surface area contributed by atoms with E-state index in [-0.39, 0.29) is 0 Å². The van der Waals surface area contributed by atoms with Crippen LogP contribution in [0.4, 0.5) is 0 Å². The van der Waals surface area contributed by atoms with Crippen LogP contribution in [-0.2, 0) is 0 Å². The summed E-state index contributed by atoms with van der Waals surface area (Å²) < 4.78 is 0. The molecular formula is C9H24N4. The van der Waals surface area contributed by atoms with Gasteiger partial charge in [0.05, 0.1) is 0 Å². The third-order valence-corrected chi connectivity index (χ3v) is 1.57. The molecule has 0 atom stereocenters. The molecule has 0 aromatic rings. The number of hydrogen-bond acceptors (Lipinski definition) is 4. The van der Waals surface area contributed by atoms with Crippen LogP contribution in [-0.4, -0.2) is 37.8 Å². The number of nitrogens with zero attached hydrogens (tertiary/aromatic N) is 1. The first-order valence-corrected chi connectivity index (χ1v) is 5.12. The van der Waals surface area contributed by atoms with E-state index in [0.29, 0.717) is 6.04 Å². The van der Waals surface area contributed by atoms with Crippen molar-refractivity contribution in [2.24, 2.45) is 0 Å². The molecule has 4 heteroatoms. The van der Waals surface area contributed by atoms with E-state index >= 15 is 0 Å². The zero-order chi connectivity index (χ0) is 10.1. The number of nitrogens with one attached hydrogen (secondary N) is 3. The molecule has 0 spiro atoms. The highest BCUT2D eigenvalue weighted by molar-refractivity contribution is 4.52. The standard InChI is InChI=1S/C9H24N4/c1-5-11-13(12-9(2)3)8-6-7-10-4/h9-12H,5-8H2,1-4H3. The van der Waals surface area contributed by atoms with E-state index in [4.69, 9.17) is 0 Å². The highest BCUT2D eigenvalue weighted by atomic mass is 15.7. The van der Waals surface area contributed by atoms with Crippen molar-refractivity contribution in [2.45, 2.75) is 33.2 Å². The Bertz CT molecular complexity index is 106. The number of rotatable bonds is 8. The van der Waals surface area contributed by atoms with E-state index in [1.807, 2.05) is 7.05 Å². The largest absolute Gasteiger partial charge is 0.320 e. The average molecular weight is 188 g/mol. The predicted octanol–water partition coefficient (Wildman–Crippen LogP) is 0.335. The van der Waals surface area contributed by atoms with Gasteiger partial charge in [-0.3, -0.25) is 0 Å². The molecule has 0 heterocycles. The van der Waals surface area contributed by atoms with E-state index in [9.17, 15) is 0 Å². The maximum atomic E-state index is 3.33. The van der Waals surface area contributed by atoms with Gasteiger partial charge in [0.15, 0.2) is 0 Å². The molecule has 0 saturated carbocycles. The Morgan fingerprint density at radius 1 is 1.31 bits per heavy atom. The molecular weight excluding hydrogens is 164 g/mol. The highest BCUT2D eigenvalue weighted by Crippen LogP contribution is 1.85. The number of hydrogen-bond donors (Lipinski definition) is 3. The lowest BCUT2D eigenvalue weighted by Gasteiger charge is -2.25. The first kappa shape index (κ1) is 12.8. The monoisotopic (exact) mass is 188 g/mol. The van der Waals surface area contributed by atoms with Crippen LogP contribution in [0.2, 0.25) is 0 Å². The second-order valence-electron chi connectivity index (χ2n) is 3.40. The van der Waals surface area contributed by atoms with Crippen LogP contribution in [0.15, 0.2) is 0 Å². The summed E-state index contributed by atoms with van der Waals surface area (Å²) in [5.74, 6) is 0. The summed E-state index contributed by atoms with van der Waals surface area (Å²) in [6, 6.07) is 0.480. The molecule has 4 nitrogen and oxygen atoms in total. The molecule has 0 unspecified atom stereocenters. The van der Waals surface area contributed by atoms with Gasteiger partial charge in [-0.1, -0.05) is 6.92 Å². The van der Waals surface area contributed by atoms with Crippen molar-refractivity contribution in [3.05, 3.63) is 0 Å².